The third-order valence-corrected chi connectivity index (χ3v) is 5.58. The molecule has 20 heavy (non-hydrogen) atoms. The molecule has 3 N–H and O–H groups in total. The highest BCUT2D eigenvalue weighted by Crippen LogP contribution is 2.36. The van der Waals surface area contributed by atoms with Crippen molar-refractivity contribution < 1.29 is 8.42 Å². The fourth-order valence-electron chi connectivity index (χ4n) is 2.44. The molecule has 114 valence electrons. The summed E-state index contributed by atoms with van der Waals surface area (Å²) in [5.74, 6) is 0. The first kappa shape index (κ1) is 15.5. The van der Waals surface area contributed by atoms with Crippen LogP contribution in [-0.4, -0.2) is 30.2 Å². The van der Waals surface area contributed by atoms with Gasteiger partial charge in [-0.15, -0.1) is 0 Å². The van der Waals surface area contributed by atoms with Gasteiger partial charge in [0.1, 0.15) is 0 Å². The van der Waals surface area contributed by atoms with Crippen molar-refractivity contribution in [2.45, 2.75) is 69.6 Å². The highest BCUT2D eigenvalue weighted by molar-refractivity contribution is 7.89. The predicted octanol–water partition coefficient (Wildman–Crippen LogP) is 1.52. The summed E-state index contributed by atoms with van der Waals surface area (Å²) < 4.78 is 27.9. The monoisotopic (exact) mass is 300 g/mol. The van der Waals surface area contributed by atoms with Crippen LogP contribution in [0.15, 0.2) is 11.2 Å². The van der Waals surface area contributed by atoms with Crippen LogP contribution in [-0.2, 0) is 16.6 Å². The van der Waals surface area contributed by atoms with E-state index in [0.717, 1.165) is 25.7 Å². The Balaban J connectivity index is 2.15. The Morgan fingerprint density at radius 1 is 1.45 bits per heavy atom. The van der Waals surface area contributed by atoms with Crippen molar-refractivity contribution in [1.29, 1.82) is 0 Å². The molecule has 1 aromatic heterocycles. The Morgan fingerprint density at radius 2 is 2.15 bits per heavy atom. The number of H-pyrrole nitrogens is 1. The van der Waals surface area contributed by atoms with Gasteiger partial charge in [-0.25, -0.2) is 13.1 Å². The highest BCUT2D eigenvalue weighted by atomic mass is 32.2. The van der Waals surface area contributed by atoms with E-state index >= 15 is 0 Å². The molecule has 0 spiro atoms. The first-order chi connectivity index (χ1) is 9.38. The molecule has 0 amide bonds. The lowest BCUT2D eigenvalue weighted by Crippen LogP contribution is -2.53. The minimum atomic E-state index is -3.53. The molecule has 6 nitrogen and oxygen atoms in total. The van der Waals surface area contributed by atoms with Gasteiger partial charge in [0.15, 0.2) is 5.03 Å². The molecule has 2 rings (SSSR count). The predicted molar refractivity (Wildman–Crippen MR) is 77.8 cm³/mol. The van der Waals surface area contributed by atoms with Crippen molar-refractivity contribution >= 4 is 10.0 Å². The van der Waals surface area contributed by atoms with Crippen LogP contribution in [0, 0.1) is 0 Å². The zero-order valence-electron chi connectivity index (χ0n) is 12.4. The van der Waals surface area contributed by atoms with Crippen LogP contribution in [0.1, 0.15) is 52.0 Å². The molecular weight excluding hydrogens is 276 g/mol. The van der Waals surface area contributed by atoms with E-state index in [1.165, 1.54) is 0 Å². The van der Waals surface area contributed by atoms with Crippen molar-refractivity contribution in [2.24, 2.45) is 0 Å². The molecule has 7 heteroatoms. The van der Waals surface area contributed by atoms with Crippen molar-refractivity contribution in [3.8, 4) is 0 Å². The molecule has 0 aliphatic heterocycles. The molecule has 1 aromatic rings. The molecule has 1 aliphatic rings. The molecule has 0 saturated heterocycles. The normalized spacial score (nSPS) is 18.2. The number of aromatic amines is 1. The lowest BCUT2D eigenvalue weighted by molar-refractivity contribution is 0.213. The lowest BCUT2D eigenvalue weighted by atomic mass is 9.76. The van der Waals surface area contributed by atoms with Crippen molar-refractivity contribution in [1.82, 2.24) is 20.2 Å². The van der Waals surface area contributed by atoms with Gasteiger partial charge in [0, 0.05) is 23.7 Å². The van der Waals surface area contributed by atoms with E-state index in [0.29, 0.717) is 18.2 Å². The van der Waals surface area contributed by atoms with Gasteiger partial charge in [-0.2, -0.15) is 5.10 Å². The van der Waals surface area contributed by atoms with Crippen molar-refractivity contribution in [3.05, 3.63) is 11.8 Å². The molecule has 0 aromatic carbocycles. The van der Waals surface area contributed by atoms with Gasteiger partial charge in [0.05, 0.1) is 6.20 Å². The Morgan fingerprint density at radius 3 is 2.65 bits per heavy atom. The van der Waals surface area contributed by atoms with Crippen molar-refractivity contribution in [2.75, 3.05) is 0 Å². The summed E-state index contributed by atoms with van der Waals surface area (Å²) in [5.41, 5.74) is 0.420. The van der Waals surface area contributed by atoms with Gasteiger partial charge in [-0.3, -0.25) is 5.10 Å². The first-order valence-corrected chi connectivity index (χ1v) is 8.66. The summed E-state index contributed by atoms with van der Waals surface area (Å²) in [6.45, 7) is 6.55. The van der Waals surface area contributed by atoms with Crippen LogP contribution in [0.4, 0.5) is 0 Å². The third kappa shape index (κ3) is 3.21. The fourth-order valence-corrected chi connectivity index (χ4v) is 4.10. The minimum absolute atomic E-state index is 0.186. The van der Waals surface area contributed by atoms with Crippen LogP contribution >= 0.6 is 0 Å². The largest absolute Gasteiger partial charge is 0.310 e. The Bertz CT molecular complexity index is 541. The number of nitrogens with zero attached hydrogens (tertiary/aromatic N) is 1. The number of aromatic nitrogens is 2. The molecule has 1 fully saturated rings. The molecule has 1 saturated carbocycles. The first-order valence-electron chi connectivity index (χ1n) is 7.18. The second kappa shape index (κ2) is 5.83. The molecule has 1 aliphatic carbocycles. The Labute approximate surface area is 120 Å². The van der Waals surface area contributed by atoms with Gasteiger partial charge in [0.25, 0.3) is 10.0 Å². The Hall–Kier alpha value is -0.920. The van der Waals surface area contributed by atoms with E-state index in [2.05, 4.69) is 20.2 Å². The average Bonchev–Trinajstić information content (AvgIpc) is 2.80. The van der Waals surface area contributed by atoms with Gasteiger partial charge in [-0.05, 0) is 25.7 Å². The third-order valence-electron chi connectivity index (χ3n) is 3.99. The number of nitrogens with one attached hydrogen (secondary N) is 3. The lowest BCUT2D eigenvalue weighted by Gasteiger charge is -2.41. The van der Waals surface area contributed by atoms with E-state index in [1.807, 2.05) is 20.8 Å². The molecule has 0 radical (unpaired) electrons. The maximum absolute atomic E-state index is 12.5. The topological polar surface area (TPSA) is 86.9 Å². The quantitative estimate of drug-likeness (QED) is 0.712. The SMILES string of the molecule is CCC1(NS(=O)(=O)c2[nH]ncc2CNC(C)C)CCC1. The molecular formula is C13H24N4O2S. The molecule has 0 atom stereocenters. The second-order valence-electron chi connectivity index (χ2n) is 5.85. The zero-order valence-corrected chi connectivity index (χ0v) is 13.2. The van der Waals surface area contributed by atoms with Crippen LogP contribution in [0.25, 0.3) is 0 Å². The maximum atomic E-state index is 12.5. The van der Waals surface area contributed by atoms with E-state index < -0.39 is 10.0 Å². The van der Waals surface area contributed by atoms with Gasteiger partial charge in [0.2, 0.25) is 0 Å². The molecule has 0 bridgehead atoms. The summed E-state index contributed by atoms with van der Waals surface area (Å²) in [4.78, 5) is 0. The molecule has 0 unspecified atom stereocenters. The standard InChI is InChI=1S/C13H24N4O2S/c1-4-13(6-5-7-13)17-20(18,19)12-11(9-15-16-12)8-14-10(2)3/h9-10,14,17H,4-8H2,1-3H3,(H,15,16). The van der Waals surface area contributed by atoms with Crippen molar-refractivity contribution in [3.63, 3.8) is 0 Å². The summed E-state index contributed by atoms with van der Waals surface area (Å²) in [6, 6.07) is 0.294. The fraction of sp³-hybridized carbons (Fsp3) is 0.769. The van der Waals surface area contributed by atoms with Gasteiger partial charge >= 0.3 is 0 Å². The van der Waals surface area contributed by atoms with Crippen LogP contribution in [0.5, 0.6) is 0 Å². The van der Waals surface area contributed by atoms with Gasteiger partial charge in [-0.1, -0.05) is 20.8 Å². The maximum Gasteiger partial charge on any atom is 0.258 e. The average molecular weight is 300 g/mol. The van der Waals surface area contributed by atoms with Gasteiger partial charge < -0.3 is 5.32 Å². The smallest absolute Gasteiger partial charge is 0.258 e. The highest BCUT2D eigenvalue weighted by Gasteiger charge is 2.40. The molecule has 1 heterocycles. The van der Waals surface area contributed by atoms with E-state index in [1.54, 1.807) is 6.20 Å². The minimum Gasteiger partial charge on any atom is -0.310 e. The van der Waals surface area contributed by atoms with E-state index in [9.17, 15) is 8.42 Å². The number of sulfonamides is 1. The zero-order chi connectivity index (χ0) is 14.8. The number of hydrogen-bond donors (Lipinski definition) is 3. The number of rotatable bonds is 7. The van der Waals surface area contributed by atoms with Crippen LogP contribution in [0.2, 0.25) is 0 Å². The second-order valence-corrected chi connectivity index (χ2v) is 7.47. The van der Waals surface area contributed by atoms with E-state index in [-0.39, 0.29) is 10.6 Å². The summed E-state index contributed by atoms with van der Waals surface area (Å²) in [6.07, 6.45) is 5.30. The summed E-state index contributed by atoms with van der Waals surface area (Å²) in [5, 5.41) is 9.90. The summed E-state index contributed by atoms with van der Waals surface area (Å²) >= 11 is 0. The Kier molecular flexibility index (Phi) is 4.51. The van der Waals surface area contributed by atoms with Crippen LogP contribution < -0.4 is 10.0 Å². The summed E-state index contributed by atoms with van der Waals surface area (Å²) in [7, 11) is -3.53. The number of hydrogen-bond acceptors (Lipinski definition) is 4. The van der Waals surface area contributed by atoms with E-state index in [4.69, 9.17) is 0 Å². The van der Waals surface area contributed by atoms with Crippen LogP contribution in [0.3, 0.4) is 0 Å².